The summed E-state index contributed by atoms with van der Waals surface area (Å²) >= 11 is 0. The first-order valence-corrected chi connectivity index (χ1v) is 13.3. The highest BCUT2D eigenvalue weighted by atomic mass is 16.5. The Kier molecular flexibility index (Phi) is 7.78. The van der Waals surface area contributed by atoms with E-state index in [0.717, 1.165) is 30.5 Å². The Morgan fingerprint density at radius 1 is 1.05 bits per heavy atom. The lowest BCUT2D eigenvalue weighted by atomic mass is 9.86. The number of methoxy groups -OCH3 is 2. The Balaban J connectivity index is 1.36. The molecule has 0 spiro atoms. The number of carbonyl (C=O) groups is 1. The van der Waals surface area contributed by atoms with Crippen LogP contribution in [0.5, 0.6) is 11.5 Å². The average Bonchev–Trinajstić information content (AvgIpc) is 3.56. The summed E-state index contributed by atoms with van der Waals surface area (Å²) in [6, 6.07) is 15.7. The molecule has 4 aliphatic rings. The molecule has 2 bridgehead atoms. The van der Waals surface area contributed by atoms with Crippen molar-refractivity contribution in [2.75, 3.05) is 53.5 Å². The highest BCUT2D eigenvalue weighted by Gasteiger charge is 2.46. The lowest BCUT2D eigenvalue weighted by Crippen LogP contribution is -2.55. The van der Waals surface area contributed by atoms with Crippen molar-refractivity contribution in [2.45, 2.75) is 31.3 Å². The Labute approximate surface area is 224 Å². The van der Waals surface area contributed by atoms with E-state index in [4.69, 9.17) is 15.0 Å². The van der Waals surface area contributed by atoms with E-state index in [-0.39, 0.29) is 11.9 Å². The van der Waals surface area contributed by atoms with Crippen molar-refractivity contribution in [3.8, 4) is 11.5 Å². The topological polar surface area (TPSA) is 109 Å². The summed E-state index contributed by atoms with van der Waals surface area (Å²) in [5, 5.41) is 14.4. The Bertz CT molecular complexity index is 1150. The molecule has 1 unspecified atom stereocenters. The number of rotatable bonds is 9. The second-order valence-corrected chi connectivity index (χ2v) is 10.3. The van der Waals surface area contributed by atoms with Gasteiger partial charge in [-0.05, 0) is 36.8 Å². The molecule has 202 valence electrons. The lowest BCUT2D eigenvalue weighted by molar-refractivity contribution is 0.0998. The molecular formula is C28H37N7O3. The van der Waals surface area contributed by atoms with Gasteiger partial charge in [0.05, 0.1) is 20.3 Å². The molecule has 0 aromatic heterocycles. The van der Waals surface area contributed by atoms with Crippen molar-refractivity contribution in [3.63, 3.8) is 0 Å². The maximum Gasteiger partial charge on any atom is 0.320 e. The van der Waals surface area contributed by atoms with Crippen LogP contribution < -0.4 is 9.47 Å². The van der Waals surface area contributed by atoms with Crippen molar-refractivity contribution >= 4 is 11.9 Å². The second-order valence-electron chi connectivity index (χ2n) is 10.3. The van der Waals surface area contributed by atoms with Crippen molar-refractivity contribution < 1.29 is 14.3 Å². The number of nitrogens with zero attached hydrogens (tertiary/aromatic N) is 5. The molecule has 38 heavy (non-hydrogen) atoms. The van der Waals surface area contributed by atoms with Gasteiger partial charge in [0.1, 0.15) is 5.84 Å². The van der Waals surface area contributed by atoms with Crippen LogP contribution in [0.1, 0.15) is 30.0 Å². The smallest absolute Gasteiger partial charge is 0.320 e. The van der Waals surface area contributed by atoms with Crippen LogP contribution >= 0.6 is 0 Å². The first kappa shape index (κ1) is 26.0. The number of carbonyl (C=O) groups excluding carboxylic acids is 1. The molecule has 0 radical (unpaired) electrons. The summed E-state index contributed by atoms with van der Waals surface area (Å²) < 4.78 is 11.3. The number of hydrogen-bond donors (Lipinski definition) is 2. The van der Waals surface area contributed by atoms with Crippen LogP contribution in [0.4, 0.5) is 4.79 Å². The summed E-state index contributed by atoms with van der Waals surface area (Å²) in [5.41, 5.74) is 9.79. The molecule has 10 nitrogen and oxygen atoms in total. The number of para-hydroxylation sites is 1. The number of hydrogen-bond acceptors (Lipinski definition) is 7. The zero-order chi connectivity index (χ0) is 26.6. The van der Waals surface area contributed by atoms with E-state index in [1.807, 2.05) is 53.4 Å². The summed E-state index contributed by atoms with van der Waals surface area (Å²) in [6.07, 6.45) is 2.96. The first-order chi connectivity index (χ1) is 18.5. The van der Waals surface area contributed by atoms with E-state index in [0.29, 0.717) is 62.6 Å². The molecule has 1 saturated carbocycles. The maximum atomic E-state index is 13.2. The predicted octanol–water partition coefficient (Wildman–Crippen LogP) is 4.04. The third-order valence-corrected chi connectivity index (χ3v) is 8.14. The largest absolute Gasteiger partial charge is 0.493 e. The summed E-state index contributed by atoms with van der Waals surface area (Å²) in [5.74, 6) is 2.03. The lowest BCUT2D eigenvalue weighted by Gasteiger charge is -2.42. The molecule has 3 saturated heterocycles. The summed E-state index contributed by atoms with van der Waals surface area (Å²) in [6.45, 7) is 3.68. The summed E-state index contributed by atoms with van der Waals surface area (Å²) in [4.78, 5) is 19.4. The van der Waals surface area contributed by atoms with Gasteiger partial charge in [-0.25, -0.2) is 9.80 Å². The maximum absolute atomic E-state index is 13.2. The minimum Gasteiger partial charge on any atom is -0.493 e. The molecule has 1 aliphatic carbocycles. The van der Waals surface area contributed by atoms with Gasteiger partial charge in [-0.1, -0.05) is 47.7 Å². The van der Waals surface area contributed by atoms with Crippen LogP contribution in [0.3, 0.4) is 0 Å². The fraction of sp³-hybridized carbons (Fsp3) is 0.500. The second kappa shape index (κ2) is 11.4. The van der Waals surface area contributed by atoms with Crippen LogP contribution in [0.15, 0.2) is 53.8 Å². The molecule has 2 aromatic carbocycles. The molecule has 3 heterocycles. The predicted molar refractivity (Wildman–Crippen MR) is 144 cm³/mol. The fourth-order valence-corrected chi connectivity index (χ4v) is 6.01. The van der Waals surface area contributed by atoms with Crippen LogP contribution in [0.25, 0.3) is 0 Å². The number of nitrogens with one attached hydrogen (secondary N) is 2. The third kappa shape index (κ3) is 5.05. The van der Waals surface area contributed by atoms with E-state index in [1.54, 1.807) is 14.2 Å². The van der Waals surface area contributed by atoms with Crippen molar-refractivity contribution in [3.05, 3.63) is 59.7 Å². The van der Waals surface area contributed by atoms with Crippen LogP contribution in [-0.2, 0) is 6.42 Å². The Morgan fingerprint density at radius 3 is 2.39 bits per heavy atom. The molecule has 2 amide bonds. The van der Waals surface area contributed by atoms with Gasteiger partial charge in [-0.2, -0.15) is 5.53 Å². The van der Waals surface area contributed by atoms with Crippen LogP contribution in [0.2, 0.25) is 0 Å². The van der Waals surface area contributed by atoms with Gasteiger partial charge in [0.2, 0.25) is 0 Å². The van der Waals surface area contributed by atoms with Gasteiger partial charge < -0.3 is 19.3 Å². The average molecular weight is 520 g/mol. The number of fused-ring (bicyclic) bond motifs is 1. The van der Waals surface area contributed by atoms with Gasteiger partial charge in [-0.3, -0.25) is 10.3 Å². The monoisotopic (exact) mass is 519 g/mol. The van der Waals surface area contributed by atoms with Gasteiger partial charge >= 0.3 is 6.03 Å². The minimum atomic E-state index is -0.512. The number of benzene rings is 2. The molecule has 3 aliphatic heterocycles. The van der Waals surface area contributed by atoms with Crippen LogP contribution in [-0.4, -0.2) is 91.1 Å². The summed E-state index contributed by atoms with van der Waals surface area (Å²) in [7, 11) is 3.20. The Hall–Kier alpha value is -3.66. The molecule has 10 heteroatoms. The van der Waals surface area contributed by atoms with Crippen molar-refractivity contribution in [2.24, 2.45) is 11.1 Å². The molecule has 1 atom stereocenters. The van der Waals surface area contributed by atoms with Crippen LogP contribution in [0, 0.1) is 16.9 Å². The van der Waals surface area contributed by atoms with E-state index in [9.17, 15) is 10.2 Å². The number of amides is 2. The minimum absolute atomic E-state index is 0.144. The van der Waals surface area contributed by atoms with E-state index in [1.165, 1.54) is 5.01 Å². The quantitative estimate of drug-likeness (QED) is 0.225. The van der Waals surface area contributed by atoms with Gasteiger partial charge in [-0.15, -0.1) is 0 Å². The van der Waals surface area contributed by atoms with E-state index >= 15 is 0 Å². The molecule has 2 aromatic rings. The van der Waals surface area contributed by atoms with E-state index < -0.39 is 6.04 Å². The zero-order valence-corrected chi connectivity index (χ0v) is 22.2. The fourth-order valence-electron chi connectivity index (χ4n) is 6.01. The number of amidine groups is 1. The highest BCUT2D eigenvalue weighted by Crippen LogP contribution is 2.41. The first-order valence-electron chi connectivity index (χ1n) is 13.3. The molecule has 4 fully saturated rings. The van der Waals surface area contributed by atoms with Crippen molar-refractivity contribution in [1.82, 2.24) is 19.7 Å². The Morgan fingerprint density at radius 2 is 1.79 bits per heavy atom. The molecule has 6 rings (SSSR count). The number of piperazine rings is 1. The number of urea groups is 1. The molecule has 2 N–H and O–H groups in total. The van der Waals surface area contributed by atoms with E-state index in [2.05, 4.69) is 15.0 Å². The standard InChI is InChI=1S/C28H37N7O3/c1-37-24-10-6-9-23(26(24)38-2)25(27(29)35(31-30)12-11-20-7-4-3-5-8-20)32-13-15-33(16-14-32)28(36)34-19-21-17-22(34)18-21/h3-10,21-22,25,29-30H,11-19H2,1-2H3. The number of ether oxygens (including phenoxy) is 2. The zero-order valence-electron chi connectivity index (χ0n) is 22.2. The van der Waals surface area contributed by atoms with Gasteiger partial charge in [0.15, 0.2) is 11.5 Å². The van der Waals surface area contributed by atoms with Crippen molar-refractivity contribution in [1.29, 1.82) is 10.9 Å². The molecular weight excluding hydrogens is 482 g/mol. The highest BCUT2D eigenvalue weighted by molar-refractivity contribution is 5.87. The van der Waals surface area contributed by atoms with Gasteiger partial charge in [0, 0.05) is 50.9 Å². The van der Waals surface area contributed by atoms with Gasteiger partial charge in [0.25, 0.3) is 0 Å². The third-order valence-electron chi connectivity index (χ3n) is 8.14. The SMILES string of the molecule is COc1cccc(C(C(=N)N(CCc2ccccc2)N=N)N2CCN(C(=O)N3CC4CC3C4)CC2)c1OC. The normalized spacial score (nSPS) is 21.4.